The molecule has 96 valence electrons. The molecule has 0 saturated heterocycles. The topological polar surface area (TPSA) is 15.3 Å². The molecule has 0 spiro atoms. The third-order valence-corrected chi connectivity index (χ3v) is 2.96. The first-order valence-corrected chi connectivity index (χ1v) is 6.89. The van der Waals surface area contributed by atoms with Crippen LogP contribution in [0, 0.1) is 0 Å². The summed E-state index contributed by atoms with van der Waals surface area (Å²) in [5.74, 6) is 0. The van der Waals surface area contributed by atoms with E-state index in [4.69, 9.17) is 0 Å². The summed E-state index contributed by atoms with van der Waals surface area (Å²) in [6.07, 6.45) is 3.76. The maximum atomic E-state index is 3.45. The maximum Gasteiger partial charge on any atom is 0.0366 e. The summed E-state index contributed by atoms with van der Waals surface area (Å²) >= 11 is 0. The van der Waals surface area contributed by atoms with Crippen molar-refractivity contribution in [1.29, 1.82) is 0 Å². The van der Waals surface area contributed by atoms with Crippen LogP contribution in [0.4, 0.5) is 5.69 Å². The first-order valence-electron chi connectivity index (χ1n) is 6.89. The third-order valence-electron chi connectivity index (χ3n) is 2.96. The molecule has 0 aliphatic rings. The molecule has 0 heterocycles. The average molecular weight is 234 g/mol. The van der Waals surface area contributed by atoms with E-state index in [0.717, 1.165) is 26.2 Å². The van der Waals surface area contributed by atoms with Gasteiger partial charge in [-0.25, -0.2) is 0 Å². The Hall–Kier alpha value is -1.02. The van der Waals surface area contributed by atoms with Crippen molar-refractivity contribution in [3.05, 3.63) is 30.3 Å². The van der Waals surface area contributed by atoms with Crippen molar-refractivity contribution >= 4 is 5.69 Å². The maximum absolute atomic E-state index is 3.45. The lowest BCUT2D eigenvalue weighted by Gasteiger charge is -2.23. The Kier molecular flexibility index (Phi) is 7.48. The fraction of sp³-hybridized carbons (Fsp3) is 0.600. The largest absolute Gasteiger partial charge is 0.372 e. The van der Waals surface area contributed by atoms with Crippen LogP contribution in [-0.2, 0) is 0 Å². The molecule has 0 radical (unpaired) electrons. The highest BCUT2D eigenvalue weighted by molar-refractivity contribution is 5.45. The van der Waals surface area contributed by atoms with E-state index in [1.807, 2.05) is 0 Å². The highest BCUT2D eigenvalue weighted by Crippen LogP contribution is 2.13. The zero-order valence-electron chi connectivity index (χ0n) is 11.3. The van der Waals surface area contributed by atoms with Gasteiger partial charge in [0.05, 0.1) is 0 Å². The first kappa shape index (κ1) is 14.0. The molecule has 1 aromatic carbocycles. The van der Waals surface area contributed by atoms with Crippen molar-refractivity contribution in [2.45, 2.75) is 33.1 Å². The molecule has 0 bridgehead atoms. The van der Waals surface area contributed by atoms with Gasteiger partial charge in [0.15, 0.2) is 0 Å². The predicted octanol–water partition coefficient (Wildman–Crippen LogP) is 3.29. The molecule has 2 heteroatoms. The third kappa shape index (κ3) is 5.73. The molecule has 17 heavy (non-hydrogen) atoms. The molecule has 0 fully saturated rings. The molecule has 0 aliphatic heterocycles. The van der Waals surface area contributed by atoms with E-state index in [1.165, 1.54) is 24.9 Å². The van der Waals surface area contributed by atoms with Gasteiger partial charge in [0, 0.05) is 18.8 Å². The Bertz CT molecular complexity index is 272. The SMILES string of the molecule is CCCNCCCCN(CC)c1ccccc1. The lowest BCUT2D eigenvalue weighted by atomic mass is 10.2. The van der Waals surface area contributed by atoms with Gasteiger partial charge in [-0.05, 0) is 51.4 Å². The van der Waals surface area contributed by atoms with E-state index in [2.05, 4.69) is 54.4 Å². The van der Waals surface area contributed by atoms with Crippen LogP contribution in [0.3, 0.4) is 0 Å². The van der Waals surface area contributed by atoms with E-state index in [1.54, 1.807) is 0 Å². The van der Waals surface area contributed by atoms with Gasteiger partial charge >= 0.3 is 0 Å². The van der Waals surface area contributed by atoms with Crippen LogP contribution in [0.5, 0.6) is 0 Å². The first-order chi connectivity index (χ1) is 8.38. The summed E-state index contributed by atoms with van der Waals surface area (Å²) in [5, 5.41) is 3.45. The number of anilines is 1. The summed E-state index contributed by atoms with van der Waals surface area (Å²) in [6.45, 7) is 8.99. The molecule has 0 saturated carbocycles. The van der Waals surface area contributed by atoms with Crippen LogP contribution in [0.2, 0.25) is 0 Å². The number of rotatable bonds is 9. The molecular formula is C15H26N2. The summed E-state index contributed by atoms with van der Waals surface area (Å²) in [7, 11) is 0. The van der Waals surface area contributed by atoms with Gasteiger partial charge in [0.2, 0.25) is 0 Å². The van der Waals surface area contributed by atoms with Gasteiger partial charge < -0.3 is 10.2 Å². The quantitative estimate of drug-likeness (QED) is 0.660. The van der Waals surface area contributed by atoms with Crippen LogP contribution in [0.25, 0.3) is 0 Å². The minimum atomic E-state index is 1.09. The van der Waals surface area contributed by atoms with Gasteiger partial charge in [-0.3, -0.25) is 0 Å². The molecule has 1 aromatic rings. The Labute approximate surface area is 106 Å². The van der Waals surface area contributed by atoms with Crippen molar-refractivity contribution in [2.75, 3.05) is 31.1 Å². The standard InChI is InChI=1S/C15H26N2/c1-3-12-16-13-8-9-14-17(4-2)15-10-6-5-7-11-15/h5-7,10-11,16H,3-4,8-9,12-14H2,1-2H3. The molecule has 0 atom stereocenters. The normalized spacial score (nSPS) is 10.5. The Morgan fingerprint density at radius 2 is 1.76 bits per heavy atom. The van der Waals surface area contributed by atoms with E-state index in [0.29, 0.717) is 0 Å². The summed E-state index contributed by atoms with van der Waals surface area (Å²) in [6, 6.07) is 10.7. The van der Waals surface area contributed by atoms with Gasteiger partial charge in [0.1, 0.15) is 0 Å². The lowest BCUT2D eigenvalue weighted by Crippen LogP contribution is -2.25. The van der Waals surface area contributed by atoms with Crippen LogP contribution < -0.4 is 10.2 Å². The van der Waals surface area contributed by atoms with E-state index in [9.17, 15) is 0 Å². The summed E-state index contributed by atoms with van der Waals surface area (Å²) < 4.78 is 0. The second-order valence-corrected chi connectivity index (χ2v) is 4.37. The lowest BCUT2D eigenvalue weighted by molar-refractivity contribution is 0.610. The molecule has 2 nitrogen and oxygen atoms in total. The molecule has 1 N–H and O–H groups in total. The van der Waals surface area contributed by atoms with Gasteiger partial charge in [0.25, 0.3) is 0 Å². The van der Waals surface area contributed by atoms with E-state index in [-0.39, 0.29) is 0 Å². The Morgan fingerprint density at radius 3 is 2.41 bits per heavy atom. The molecule has 0 unspecified atom stereocenters. The van der Waals surface area contributed by atoms with Crippen LogP contribution in [0.1, 0.15) is 33.1 Å². The van der Waals surface area contributed by atoms with E-state index < -0.39 is 0 Å². The minimum Gasteiger partial charge on any atom is -0.372 e. The molecular weight excluding hydrogens is 208 g/mol. The molecule has 0 amide bonds. The van der Waals surface area contributed by atoms with Crippen LogP contribution in [0.15, 0.2) is 30.3 Å². The molecule has 0 aliphatic carbocycles. The highest BCUT2D eigenvalue weighted by atomic mass is 15.1. The number of nitrogens with one attached hydrogen (secondary N) is 1. The van der Waals surface area contributed by atoms with Gasteiger partial charge in [-0.1, -0.05) is 25.1 Å². The van der Waals surface area contributed by atoms with Crippen molar-refractivity contribution < 1.29 is 0 Å². The summed E-state index contributed by atoms with van der Waals surface area (Å²) in [4.78, 5) is 2.44. The van der Waals surface area contributed by atoms with Gasteiger partial charge in [-0.15, -0.1) is 0 Å². The van der Waals surface area contributed by atoms with Gasteiger partial charge in [-0.2, -0.15) is 0 Å². The fourth-order valence-electron chi connectivity index (χ4n) is 1.96. The van der Waals surface area contributed by atoms with Crippen molar-refractivity contribution in [3.63, 3.8) is 0 Å². The number of nitrogens with zero attached hydrogens (tertiary/aromatic N) is 1. The monoisotopic (exact) mass is 234 g/mol. The zero-order valence-corrected chi connectivity index (χ0v) is 11.3. The molecule has 0 aromatic heterocycles. The number of hydrogen-bond acceptors (Lipinski definition) is 2. The Morgan fingerprint density at radius 1 is 1.00 bits per heavy atom. The fourth-order valence-corrected chi connectivity index (χ4v) is 1.96. The van der Waals surface area contributed by atoms with Crippen molar-refractivity contribution in [2.24, 2.45) is 0 Å². The second kappa shape index (κ2) is 9.06. The molecule has 1 rings (SSSR count). The zero-order chi connectivity index (χ0) is 12.3. The number of para-hydroxylation sites is 1. The number of unbranched alkanes of at least 4 members (excludes halogenated alkanes) is 1. The highest BCUT2D eigenvalue weighted by Gasteiger charge is 2.02. The van der Waals surface area contributed by atoms with Crippen LogP contribution in [-0.4, -0.2) is 26.2 Å². The predicted molar refractivity (Wildman–Crippen MR) is 76.7 cm³/mol. The van der Waals surface area contributed by atoms with E-state index >= 15 is 0 Å². The van der Waals surface area contributed by atoms with Crippen molar-refractivity contribution in [3.8, 4) is 0 Å². The average Bonchev–Trinajstić information content (AvgIpc) is 2.39. The number of hydrogen-bond donors (Lipinski definition) is 1. The summed E-state index contributed by atoms with van der Waals surface area (Å²) in [5.41, 5.74) is 1.34. The van der Waals surface area contributed by atoms with Crippen molar-refractivity contribution in [1.82, 2.24) is 5.32 Å². The van der Waals surface area contributed by atoms with Crippen LogP contribution >= 0.6 is 0 Å². The Balaban J connectivity index is 2.20. The smallest absolute Gasteiger partial charge is 0.0366 e. The number of benzene rings is 1. The minimum absolute atomic E-state index is 1.09. The second-order valence-electron chi connectivity index (χ2n) is 4.37.